The van der Waals surface area contributed by atoms with Crippen LogP contribution in [0.3, 0.4) is 0 Å². The van der Waals surface area contributed by atoms with Crippen LogP contribution in [-0.4, -0.2) is 31.0 Å². The Morgan fingerprint density at radius 2 is 2.10 bits per heavy atom. The molecule has 1 aliphatic heterocycles. The normalized spacial score (nSPS) is 22.7. The number of hydrogen-bond acceptors (Lipinski definition) is 3. The van der Waals surface area contributed by atoms with E-state index in [0.717, 1.165) is 0 Å². The van der Waals surface area contributed by atoms with Gasteiger partial charge < -0.3 is 10.1 Å². The number of ether oxygens (including phenoxy) is 1. The van der Waals surface area contributed by atoms with E-state index < -0.39 is 12.1 Å². The van der Waals surface area contributed by atoms with E-state index in [0.29, 0.717) is 22.9 Å². The molecule has 108 valence electrons. The molecule has 1 aliphatic rings. The van der Waals surface area contributed by atoms with Gasteiger partial charge in [0.25, 0.3) is 0 Å². The number of hydrogen-bond donors (Lipinski definition) is 1. The lowest BCUT2D eigenvalue weighted by atomic mass is 10.0. The summed E-state index contributed by atoms with van der Waals surface area (Å²) in [5, 5.41) is 3.09. The van der Waals surface area contributed by atoms with E-state index in [1.165, 1.54) is 12.0 Å². The molecule has 0 spiro atoms. The molecule has 20 heavy (non-hydrogen) atoms. The molecule has 2 amide bonds. The Bertz CT molecular complexity index is 547. The van der Waals surface area contributed by atoms with Gasteiger partial charge in [-0.15, -0.1) is 0 Å². The fraction of sp³-hybridized carbons (Fsp3) is 0.429. The molecule has 2 unspecified atom stereocenters. The molecular formula is C14H17ClN2O3. The van der Waals surface area contributed by atoms with Gasteiger partial charge in [0.15, 0.2) is 0 Å². The Balaban J connectivity index is 2.43. The summed E-state index contributed by atoms with van der Waals surface area (Å²) in [4.78, 5) is 25.9. The van der Waals surface area contributed by atoms with Gasteiger partial charge >= 0.3 is 0 Å². The third-order valence-electron chi connectivity index (χ3n) is 3.38. The Kier molecular flexibility index (Phi) is 4.18. The summed E-state index contributed by atoms with van der Waals surface area (Å²) in [6.07, 6.45) is 0.536. The van der Waals surface area contributed by atoms with Crippen molar-refractivity contribution in [1.29, 1.82) is 0 Å². The van der Waals surface area contributed by atoms with Crippen LogP contribution in [0.25, 0.3) is 0 Å². The van der Waals surface area contributed by atoms with Gasteiger partial charge in [-0.3, -0.25) is 14.5 Å². The Morgan fingerprint density at radius 3 is 2.65 bits per heavy atom. The van der Waals surface area contributed by atoms with Crippen LogP contribution in [0.1, 0.15) is 20.3 Å². The SMILES string of the molecule is CCC1C(=O)NC(C)C(=O)N1c1ccc(OC)c(Cl)c1. The van der Waals surface area contributed by atoms with Gasteiger partial charge in [0, 0.05) is 5.69 Å². The van der Waals surface area contributed by atoms with Crippen molar-refractivity contribution in [3.8, 4) is 5.75 Å². The zero-order valence-electron chi connectivity index (χ0n) is 11.6. The molecular weight excluding hydrogens is 280 g/mol. The molecule has 0 aliphatic carbocycles. The zero-order chi connectivity index (χ0) is 14.9. The maximum absolute atomic E-state index is 12.3. The van der Waals surface area contributed by atoms with Crippen LogP contribution in [0.15, 0.2) is 18.2 Å². The van der Waals surface area contributed by atoms with E-state index in [1.807, 2.05) is 6.92 Å². The summed E-state index contributed by atoms with van der Waals surface area (Å²) in [7, 11) is 1.53. The topological polar surface area (TPSA) is 58.6 Å². The van der Waals surface area contributed by atoms with Crippen LogP contribution in [0, 0.1) is 0 Å². The number of halogens is 1. The van der Waals surface area contributed by atoms with Crippen LogP contribution >= 0.6 is 11.6 Å². The van der Waals surface area contributed by atoms with Gasteiger partial charge in [0.05, 0.1) is 12.1 Å². The molecule has 6 heteroatoms. The zero-order valence-corrected chi connectivity index (χ0v) is 12.4. The highest BCUT2D eigenvalue weighted by atomic mass is 35.5. The van der Waals surface area contributed by atoms with E-state index in [4.69, 9.17) is 16.3 Å². The number of rotatable bonds is 3. The van der Waals surface area contributed by atoms with Crippen molar-refractivity contribution in [3.63, 3.8) is 0 Å². The van der Waals surface area contributed by atoms with Crippen molar-refractivity contribution >= 4 is 29.1 Å². The molecule has 0 saturated carbocycles. The van der Waals surface area contributed by atoms with Crippen molar-refractivity contribution in [2.75, 3.05) is 12.0 Å². The van der Waals surface area contributed by atoms with Gasteiger partial charge in [-0.25, -0.2) is 0 Å². The molecule has 1 saturated heterocycles. The third kappa shape index (κ3) is 2.45. The number of amides is 2. The molecule has 0 bridgehead atoms. The summed E-state index contributed by atoms with van der Waals surface area (Å²) in [6, 6.07) is 4.02. The summed E-state index contributed by atoms with van der Waals surface area (Å²) < 4.78 is 5.09. The smallest absolute Gasteiger partial charge is 0.250 e. The number of carbonyl (C=O) groups is 2. The van der Waals surface area contributed by atoms with E-state index in [2.05, 4.69) is 5.32 Å². The van der Waals surface area contributed by atoms with Gasteiger partial charge in [-0.2, -0.15) is 0 Å². The van der Waals surface area contributed by atoms with Crippen LogP contribution in [0.4, 0.5) is 5.69 Å². The number of nitrogens with zero attached hydrogens (tertiary/aromatic N) is 1. The average Bonchev–Trinajstić information content (AvgIpc) is 2.42. The Morgan fingerprint density at radius 1 is 1.40 bits per heavy atom. The fourth-order valence-electron chi connectivity index (χ4n) is 2.33. The molecule has 1 aromatic rings. The van der Waals surface area contributed by atoms with Crippen molar-refractivity contribution in [3.05, 3.63) is 23.2 Å². The lowest BCUT2D eigenvalue weighted by molar-refractivity contribution is -0.133. The van der Waals surface area contributed by atoms with Crippen molar-refractivity contribution in [1.82, 2.24) is 5.32 Å². The second-order valence-corrected chi connectivity index (χ2v) is 5.09. The number of carbonyl (C=O) groups excluding carboxylic acids is 2. The highest BCUT2D eigenvalue weighted by Crippen LogP contribution is 2.31. The molecule has 1 heterocycles. The van der Waals surface area contributed by atoms with Crippen LogP contribution in [-0.2, 0) is 9.59 Å². The summed E-state index contributed by atoms with van der Waals surface area (Å²) in [6.45, 7) is 3.54. The molecule has 1 N–H and O–H groups in total. The molecule has 2 rings (SSSR count). The number of anilines is 1. The second-order valence-electron chi connectivity index (χ2n) is 4.68. The van der Waals surface area contributed by atoms with Gasteiger partial charge in [0.1, 0.15) is 17.8 Å². The van der Waals surface area contributed by atoms with Crippen molar-refractivity contribution in [2.45, 2.75) is 32.4 Å². The molecule has 2 atom stereocenters. The minimum Gasteiger partial charge on any atom is -0.495 e. The molecule has 5 nitrogen and oxygen atoms in total. The van der Waals surface area contributed by atoms with Crippen LogP contribution < -0.4 is 15.0 Å². The second kappa shape index (κ2) is 5.71. The first-order valence-electron chi connectivity index (χ1n) is 6.46. The monoisotopic (exact) mass is 296 g/mol. The van der Waals surface area contributed by atoms with Crippen LogP contribution in [0.5, 0.6) is 5.75 Å². The minimum absolute atomic E-state index is 0.141. The molecule has 1 aromatic carbocycles. The number of nitrogens with one attached hydrogen (secondary N) is 1. The first-order valence-corrected chi connectivity index (χ1v) is 6.84. The highest BCUT2D eigenvalue weighted by Gasteiger charge is 2.38. The van der Waals surface area contributed by atoms with E-state index >= 15 is 0 Å². The maximum Gasteiger partial charge on any atom is 0.250 e. The largest absolute Gasteiger partial charge is 0.495 e. The summed E-state index contributed by atoms with van der Waals surface area (Å²) in [5.74, 6) is 0.245. The van der Waals surface area contributed by atoms with Gasteiger partial charge in [0.2, 0.25) is 11.8 Å². The van der Waals surface area contributed by atoms with Crippen LogP contribution in [0.2, 0.25) is 5.02 Å². The molecule has 0 aromatic heterocycles. The maximum atomic E-state index is 12.3. The van der Waals surface area contributed by atoms with Gasteiger partial charge in [-0.1, -0.05) is 18.5 Å². The Hall–Kier alpha value is -1.75. The molecule has 1 fully saturated rings. The number of benzene rings is 1. The summed E-state index contributed by atoms with van der Waals surface area (Å²) >= 11 is 6.10. The standard InChI is InChI=1S/C14H17ClN2O3/c1-4-11-13(18)16-8(2)14(19)17(11)9-5-6-12(20-3)10(15)7-9/h5-8,11H,4H2,1-3H3,(H,16,18). The lowest BCUT2D eigenvalue weighted by Crippen LogP contribution is -2.62. The predicted octanol–water partition coefficient (Wildman–Crippen LogP) is 1.98. The first kappa shape index (κ1) is 14.7. The first-order chi connectivity index (χ1) is 9.49. The third-order valence-corrected chi connectivity index (χ3v) is 3.68. The van der Waals surface area contributed by atoms with Crippen molar-refractivity contribution < 1.29 is 14.3 Å². The Labute approximate surface area is 122 Å². The van der Waals surface area contributed by atoms with Crippen molar-refractivity contribution in [2.24, 2.45) is 0 Å². The van der Waals surface area contributed by atoms with Gasteiger partial charge in [-0.05, 0) is 31.5 Å². The van der Waals surface area contributed by atoms with E-state index in [-0.39, 0.29) is 11.8 Å². The molecule has 0 radical (unpaired) electrons. The van der Waals surface area contributed by atoms with E-state index in [9.17, 15) is 9.59 Å². The quantitative estimate of drug-likeness (QED) is 0.928. The average molecular weight is 297 g/mol. The fourth-order valence-corrected chi connectivity index (χ4v) is 2.58. The highest BCUT2D eigenvalue weighted by molar-refractivity contribution is 6.32. The predicted molar refractivity (Wildman–Crippen MR) is 77.2 cm³/mol. The number of piperazine rings is 1. The lowest BCUT2D eigenvalue weighted by Gasteiger charge is -2.37. The number of methoxy groups -OCH3 is 1. The minimum atomic E-state index is -0.536. The van der Waals surface area contributed by atoms with E-state index in [1.54, 1.807) is 25.1 Å². The summed E-state index contributed by atoms with van der Waals surface area (Å²) in [5.41, 5.74) is 0.606.